The second kappa shape index (κ2) is 6.29. The molecular weight excluding hydrogens is 232 g/mol. The van der Waals surface area contributed by atoms with Crippen LogP contribution in [0.15, 0.2) is 0 Å². The van der Waals surface area contributed by atoms with Gasteiger partial charge in [-0.3, -0.25) is 4.79 Å². The number of nitrogens with zero attached hydrogens (tertiary/aromatic N) is 2. The molecule has 0 aromatic carbocycles. The van der Waals surface area contributed by atoms with Crippen LogP contribution in [-0.2, 0) is 4.79 Å². The standard InChI is InChI=1S/C13H20N2O3/c1-4-8-14(9-12(16)17)13(18)15-10(2)6-5-7-11(15)3/h1,10-11H,5-9H2,2-3H3,(H,16,17). The highest BCUT2D eigenvalue weighted by Crippen LogP contribution is 2.23. The van der Waals surface area contributed by atoms with Crippen molar-refractivity contribution in [3.05, 3.63) is 0 Å². The Morgan fingerprint density at radius 2 is 1.94 bits per heavy atom. The number of likely N-dealkylation sites (tertiary alicyclic amines) is 1. The van der Waals surface area contributed by atoms with Crippen LogP contribution in [0.3, 0.4) is 0 Å². The van der Waals surface area contributed by atoms with E-state index >= 15 is 0 Å². The van der Waals surface area contributed by atoms with E-state index in [1.165, 1.54) is 4.90 Å². The molecule has 0 spiro atoms. The Bertz CT molecular complexity index is 352. The molecule has 1 saturated heterocycles. The number of rotatable bonds is 3. The Morgan fingerprint density at radius 3 is 2.39 bits per heavy atom. The molecule has 1 rings (SSSR count). The molecule has 2 unspecified atom stereocenters. The third-order valence-corrected chi connectivity index (χ3v) is 3.29. The van der Waals surface area contributed by atoms with Crippen molar-refractivity contribution in [2.45, 2.75) is 45.2 Å². The number of carboxylic acid groups (broad SMARTS) is 1. The first kappa shape index (κ1) is 14.4. The number of hydrogen-bond acceptors (Lipinski definition) is 2. The van der Waals surface area contributed by atoms with Gasteiger partial charge in [-0.2, -0.15) is 0 Å². The van der Waals surface area contributed by atoms with Gasteiger partial charge in [0.25, 0.3) is 0 Å². The quantitative estimate of drug-likeness (QED) is 0.772. The van der Waals surface area contributed by atoms with E-state index < -0.39 is 5.97 Å². The zero-order chi connectivity index (χ0) is 13.7. The van der Waals surface area contributed by atoms with Crippen molar-refractivity contribution in [3.8, 4) is 12.3 Å². The molecule has 5 nitrogen and oxygen atoms in total. The van der Waals surface area contributed by atoms with Crippen LogP contribution in [0.1, 0.15) is 33.1 Å². The van der Waals surface area contributed by atoms with Gasteiger partial charge in [0.05, 0.1) is 6.54 Å². The van der Waals surface area contributed by atoms with Crippen LogP contribution in [0.25, 0.3) is 0 Å². The highest BCUT2D eigenvalue weighted by atomic mass is 16.4. The maximum Gasteiger partial charge on any atom is 0.323 e. The number of carboxylic acids is 1. The van der Waals surface area contributed by atoms with Crippen molar-refractivity contribution in [1.29, 1.82) is 0 Å². The number of urea groups is 1. The molecule has 1 heterocycles. The van der Waals surface area contributed by atoms with Crippen LogP contribution in [0.5, 0.6) is 0 Å². The first-order valence-corrected chi connectivity index (χ1v) is 6.19. The molecule has 18 heavy (non-hydrogen) atoms. The molecule has 0 radical (unpaired) electrons. The average molecular weight is 252 g/mol. The second-order valence-corrected chi connectivity index (χ2v) is 4.77. The number of piperidine rings is 1. The zero-order valence-corrected chi connectivity index (χ0v) is 10.9. The van der Waals surface area contributed by atoms with E-state index in [1.54, 1.807) is 4.90 Å². The van der Waals surface area contributed by atoms with Gasteiger partial charge < -0.3 is 14.9 Å². The van der Waals surface area contributed by atoms with Crippen molar-refractivity contribution in [1.82, 2.24) is 9.80 Å². The fourth-order valence-electron chi connectivity index (χ4n) is 2.43. The van der Waals surface area contributed by atoms with Gasteiger partial charge in [-0.1, -0.05) is 5.92 Å². The minimum absolute atomic E-state index is 0.0288. The van der Waals surface area contributed by atoms with Gasteiger partial charge in [-0.15, -0.1) is 6.42 Å². The lowest BCUT2D eigenvalue weighted by Gasteiger charge is -2.41. The predicted octanol–water partition coefficient (Wildman–Crippen LogP) is 1.39. The normalized spacial score (nSPS) is 23.3. The molecule has 1 fully saturated rings. The maximum atomic E-state index is 12.3. The molecule has 1 N–H and O–H groups in total. The van der Waals surface area contributed by atoms with Crippen molar-refractivity contribution in [2.24, 2.45) is 0 Å². The molecule has 1 aliphatic rings. The van der Waals surface area contributed by atoms with E-state index in [2.05, 4.69) is 5.92 Å². The summed E-state index contributed by atoms with van der Waals surface area (Å²) in [6.45, 7) is 3.66. The summed E-state index contributed by atoms with van der Waals surface area (Å²) in [6, 6.07) is 0.000638. The largest absolute Gasteiger partial charge is 0.480 e. The van der Waals surface area contributed by atoms with Crippen molar-refractivity contribution < 1.29 is 14.7 Å². The summed E-state index contributed by atoms with van der Waals surface area (Å²) >= 11 is 0. The van der Waals surface area contributed by atoms with Gasteiger partial charge in [0, 0.05) is 12.1 Å². The van der Waals surface area contributed by atoms with Crippen LogP contribution in [0.2, 0.25) is 0 Å². The van der Waals surface area contributed by atoms with Crippen LogP contribution < -0.4 is 0 Å². The number of amides is 2. The van der Waals surface area contributed by atoms with Gasteiger partial charge in [-0.25, -0.2) is 4.79 Å². The Labute approximate surface area is 108 Å². The van der Waals surface area contributed by atoms with Crippen molar-refractivity contribution >= 4 is 12.0 Å². The first-order chi connectivity index (χ1) is 8.47. The summed E-state index contributed by atoms with van der Waals surface area (Å²) in [6.07, 6.45) is 8.19. The Hall–Kier alpha value is -1.70. The lowest BCUT2D eigenvalue weighted by molar-refractivity contribution is -0.137. The summed E-state index contributed by atoms with van der Waals surface area (Å²) < 4.78 is 0. The van der Waals surface area contributed by atoms with Crippen LogP contribution >= 0.6 is 0 Å². The monoisotopic (exact) mass is 252 g/mol. The Morgan fingerprint density at radius 1 is 1.39 bits per heavy atom. The van der Waals surface area contributed by atoms with Crippen LogP contribution in [0, 0.1) is 12.3 Å². The van der Waals surface area contributed by atoms with Gasteiger partial charge in [-0.05, 0) is 33.1 Å². The molecule has 1 aliphatic heterocycles. The molecule has 2 atom stereocenters. The molecule has 0 aromatic heterocycles. The number of terminal acetylenes is 1. The molecule has 5 heteroatoms. The minimum Gasteiger partial charge on any atom is -0.480 e. The molecule has 0 saturated carbocycles. The van der Waals surface area contributed by atoms with E-state index in [9.17, 15) is 9.59 Å². The van der Waals surface area contributed by atoms with Crippen LogP contribution in [0.4, 0.5) is 4.79 Å². The Kier molecular flexibility index (Phi) is 5.02. The second-order valence-electron chi connectivity index (χ2n) is 4.77. The third-order valence-electron chi connectivity index (χ3n) is 3.29. The smallest absolute Gasteiger partial charge is 0.323 e. The van der Waals surface area contributed by atoms with Gasteiger partial charge in [0.2, 0.25) is 0 Å². The minimum atomic E-state index is -1.05. The molecule has 0 aliphatic carbocycles. The van der Waals surface area contributed by atoms with Gasteiger partial charge in [0.15, 0.2) is 0 Å². The number of aliphatic carboxylic acids is 1. The fraction of sp³-hybridized carbons (Fsp3) is 0.692. The average Bonchev–Trinajstić information content (AvgIpc) is 2.27. The first-order valence-electron chi connectivity index (χ1n) is 6.19. The Balaban J connectivity index is 2.80. The number of carbonyl (C=O) groups is 2. The van der Waals surface area contributed by atoms with Gasteiger partial charge in [0.1, 0.15) is 6.54 Å². The lowest BCUT2D eigenvalue weighted by Crippen LogP contribution is -2.54. The number of hydrogen-bond donors (Lipinski definition) is 1. The van der Waals surface area contributed by atoms with E-state index in [0.717, 1.165) is 19.3 Å². The van der Waals surface area contributed by atoms with E-state index in [4.69, 9.17) is 11.5 Å². The predicted molar refractivity (Wildman–Crippen MR) is 68.1 cm³/mol. The highest BCUT2D eigenvalue weighted by Gasteiger charge is 2.32. The highest BCUT2D eigenvalue weighted by molar-refractivity contribution is 5.81. The van der Waals surface area contributed by atoms with Crippen molar-refractivity contribution in [2.75, 3.05) is 13.1 Å². The van der Waals surface area contributed by atoms with Crippen LogP contribution in [-0.4, -0.2) is 52.1 Å². The third kappa shape index (κ3) is 3.39. The molecule has 0 bridgehead atoms. The van der Waals surface area contributed by atoms with Gasteiger partial charge >= 0.3 is 12.0 Å². The van der Waals surface area contributed by atoms with E-state index in [-0.39, 0.29) is 31.2 Å². The van der Waals surface area contributed by atoms with Crippen molar-refractivity contribution in [3.63, 3.8) is 0 Å². The molecule has 100 valence electrons. The lowest BCUT2D eigenvalue weighted by atomic mass is 9.98. The molecule has 0 aromatic rings. The maximum absolute atomic E-state index is 12.3. The topological polar surface area (TPSA) is 60.9 Å². The van der Waals surface area contributed by atoms with E-state index in [0.29, 0.717) is 0 Å². The summed E-state index contributed by atoms with van der Waals surface area (Å²) in [5.74, 6) is 1.29. The molecule has 2 amide bonds. The summed E-state index contributed by atoms with van der Waals surface area (Å²) in [4.78, 5) is 26.1. The summed E-state index contributed by atoms with van der Waals surface area (Å²) in [5.41, 5.74) is 0. The zero-order valence-electron chi connectivity index (χ0n) is 10.9. The summed E-state index contributed by atoms with van der Waals surface area (Å²) in [7, 11) is 0. The molecular formula is C13H20N2O3. The SMILES string of the molecule is C#CCN(CC(=O)O)C(=O)N1C(C)CCCC1C. The fourth-order valence-corrected chi connectivity index (χ4v) is 2.43. The number of carbonyl (C=O) groups excluding carboxylic acids is 1. The van der Waals surface area contributed by atoms with E-state index in [1.807, 2.05) is 13.8 Å². The summed E-state index contributed by atoms with van der Waals surface area (Å²) in [5, 5.41) is 8.81.